The molecule has 1 aliphatic rings. The molecule has 1 aromatic heterocycles. The predicted molar refractivity (Wildman–Crippen MR) is 94.9 cm³/mol. The van der Waals surface area contributed by atoms with E-state index in [-0.39, 0.29) is 5.82 Å². The first-order valence-corrected chi connectivity index (χ1v) is 8.69. The Hall–Kier alpha value is -2.63. The lowest BCUT2D eigenvalue weighted by Gasteiger charge is -2.18. The second-order valence-electron chi connectivity index (χ2n) is 6.00. The van der Waals surface area contributed by atoms with Crippen LogP contribution in [0.1, 0.15) is 38.3 Å². The first kappa shape index (κ1) is 22.7. The molecule has 1 heterocycles. The lowest BCUT2D eigenvalue weighted by molar-refractivity contribution is -0.261. The van der Waals surface area contributed by atoms with Crippen molar-refractivity contribution in [2.24, 2.45) is 9.98 Å². The molecule has 12 heteroatoms. The van der Waals surface area contributed by atoms with Gasteiger partial charge in [0.25, 0.3) is 0 Å². The molecule has 0 saturated heterocycles. The van der Waals surface area contributed by atoms with Crippen molar-refractivity contribution in [3.63, 3.8) is 0 Å². The quantitative estimate of drug-likeness (QED) is 0.189. The summed E-state index contributed by atoms with van der Waals surface area (Å²) < 4.78 is 77.2. The molecule has 160 valence electrons. The summed E-state index contributed by atoms with van der Waals surface area (Å²) >= 11 is 0. The van der Waals surface area contributed by atoms with Crippen molar-refractivity contribution in [2.75, 3.05) is 6.54 Å². The molecule has 0 bridgehead atoms. The van der Waals surface area contributed by atoms with Crippen LogP contribution >= 0.6 is 0 Å². The molecule has 0 spiro atoms. The predicted octanol–water partition coefficient (Wildman–Crippen LogP) is 3.82. The van der Waals surface area contributed by atoms with Crippen LogP contribution in [0.4, 0.5) is 22.0 Å². The summed E-state index contributed by atoms with van der Waals surface area (Å²) in [5, 5.41) is 7.06. The van der Waals surface area contributed by atoms with Crippen LogP contribution in [0.25, 0.3) is 0 Å². The third-order valence-corrected chi connectivity index (χ3v) is 3.53. The zero-order chi connectivity index (χ0) is 21.7. The Morgan fingerprint density at radius 1 is 1.31 bits per heavy atom. The standard InChI is InChI=1S/C17H20F5N5O2/c1-4-6-14(28-11(3)16(18,19)20)24-10-27-13(9-23-5-2)25-26-15(27)17(21,22)29-12-7-8-12/h4,6,9-12H,1,5,7-8H2,2-3H3/b14-6+,23-9-,24-10-/t11-/m1/s1. The van der Waals surface area contributed by atoms with Gasteiger partial charge in [-0.1, -0.05) is 12.7 Å². The van der Waals surface area contributed by atoms with Gasteiger partial charge >= 0.3 is 12.3 Å². The van der Waals surface area contributed by atoms with Gasteiger partial charge in [-0.2, -0.15) is 22.0 Å². The molecule has 0 N–H and O–H groups in total. The minimum Gasteiger partial charge on any atom is -0.465 e. The van der Waals surface area contributed by atoms with E-state index in [0.717, 1.165) is 30.0 Å². The molecule has 0 amide bonds. The normalized spacial score (nSPS) is 17.3. The third-order valence-electron chi connectivity index (χ3n) is 3.53. The van der Waals surface area contributed by atoms with Crippen molar-refractivity contribution in [1.29, 1.82) is 0 Å². The van der Waals surface area contributed by atoms with E-state index in [1.54, 1.807) is 6.92 Å². The van der Waals surface area contributed by atoms with Crippen molar-refractivity contribution in [3.05, 3.63) is 36.3 Å². The number of nitrogens with zero attached hydrogens (tertiary/aromatic N) is 5. The van der Waals surface area contributed by atoms with Crippen LogP contribution in [0.3, 0.4) is 0 Å². The second kappa shape index (κ2) is 9.25. The highest BCUT2D eigenvalue weighted by molar-refractivity contribution is 5.79. The highest BCUT2D eigenvalue weighted by Crippen LogP contribution is 2.36. The van der Waals surface area contributed by atoms with E-state index in [1.807, 2.05) is 0 Å². The van der Waals surface area contributed by atoms with Crippen LogP contribution in [-0.2, 0) is 15.6 Å². The van der Waals surface area contributed by atoms with E-state index in [9.17, 15) is 22.0 Å². The van der Waals surface area contributed by atoms with Crippen molar-refractivity contribution in [2.45, 2.75) is 51.2 Å². The van der Waals surface area contributed by atoms with Gasteiger partial charge in [0.1, 0.15) is 6.34 Å². The van der Waals surface area contributed by atoms with Gasteiger partial charge in [-0.3, -0.25) is 9.56 Å². The summed E-state index contributed by atoms with van der Waals surface area (Å²) in [5.74, 6) is -1.48. The van der Waals surface area contributed by atoms with Gasteiger partial charge in [0, 0.05) is 6.54 Å². The number of halogens is 5. The lowest BCUT2D eigenvalue weighted by atomic mass is 10.4. The molecule has 0 aromatic carbocycles. The van der Waals surface area contributed by atoms with E-state index in [1.165, 1.54) is 6.21 Å². The summed E-state index contributed by atoms with van der Waals surface area (Å²) in [6, 6.07) is 0. The van der Waals surface area contributed by atoms with Crippen molar-refractivity contribution < 1.29 is 31.4 Å². The molecule has 0 aliphatic heterocycles. The minimum atomic E-state index is -4.64. The summed E-state index contributed by atoms with van der Waals surface area (Å²) in [4.78, 5) is 7.63. The number of hydrogen-bond acceptors (Lipinski definition) is 6. The minimum absolute atomic E-state index is 0.105. The maximum atomic E-state index is 14.4. The zero-order valence-corrected chi connectivity index (χ0v) is 15.7. The number of ether oxygens (including phenoxy) is 2. The number of allylic oxidation sites excluding steroid dienone is 2. The van der Waals surface area contributed by atoms with Crippen LogP contribution < -0.4 is 0 Å². The highest BCUT2D eigenvalue weighted by Gasteiger charge is 2.45. The molecular formula is C17H20F5N5O2. The molecular weight excluding hydrogens is 401 g/mol. The average Bonchev–Trinajstić information content (AvgIpc) is 3.32. The van der Waals surface area contributed by atoms with E-state index >= 15 is 0 Å². The summed E-state index contributed by atoms with van der Waals surface area (Å²) in [6.45, 7) is 6.22. The summed E-state index contributed by atoms with van der Waals surface area (Å²) in [7, 11) is 0. The number of hydrogen-bond donors (Lipinski definition) is 0. The molecule has 2 rings (SSSR count). The first-order valence-electron chi connectivity index (χ1n) is 8.69. The molecule has 1 aromatic rings. The van der Waals surface area contributed by atoms with Gasteiger partial charge in [-0.15, -0.1) is 10.2 Å². The molecule has 1 fully saturated rings. The maximum absolute atomic E-state index is 14.4. The van der Waals surface area contributed by atoms with Crippen molar-refractivity contribution in [3.8, 4) is 0 Å². The smallest absolute Gasteiger partial charge is 0.425 e. The van der Waals surface area contributed by atoms with Crippen LogP contribution in [0.15, 0.2) is 34.6 Å². The van der Waals surface area contributed by atoms with Crippen LogP contribution in [-0.4, -0.2) is 52.2 Å². The lowest BCUT2D eigenvalue weighted by Crippen LogP contribution is -2.28. The fraction of sp³-hybridized carbons (Fsp3) is 0.529. The first-order chi connectivity index (χ1) is 13.6. The Bertz CT molecular complexity index is 797. The Morgan fingerprint density at radius 2 is 2.00 bits per heavy atom. The maximum Gasteiger partial charge on any atom is 0.425 e. The Morgan fingerprint density at radius 3 is 2.55 bits per heavy atom. The molecule has 1 saturated carbocycles. The zero-order valence-electron chi connectivity index (χ0n) is 15.7. The third kappa shape index (κ3) is 6.44. The number of alkyl halides is 5. The second-order valence-corrected chi connectivity index (χ2v) is 6.00. The fourth-order valence-corrected chi connectivity index (χ4v) is 1.90. The largest absolute Gasteiger partial charge is 0.465 e. The monoisotopic (exact) mass is 421 g/mol. The van der Waals surface area contributed by atoms with Gasteiger partial charge < -0.3 is 9.47 Å². The van der Waals surface area contributed by atoms with Gasteiger partial charge in [-0.05, 0) is 32.8 Å². The number of aromatic nitrogens is 3. The Labute approximate surface area is 163 Å². The molecule has 0 unspecified atom stereocenters. The van der Waals surface area contributed by atoms with Gasteiger partial charge in [-0.25, -0.2) is 4.99 Å². The van der Waals surface area contributed by atoms with Crippen LogP contribution in [0.5, 0.6) is 0 Å². The number of rotatable bonds is 10. The van der Waals surface area contributed by atoms with E-state index < -0.39 is 36.2 Å². The average molecular weight is 421 g/mol. The Balaban J connectivity index is 2.36. The van der Waals surface area contributed by atoms with E-state index in [0.29, 0.717) is 19.4 Å². The highest BCUT2D eigenvalue weighted by atomic mass is 19.4. The molecule has 0 radical (unpaired) electrons. The molecule has 7 nitrogen and oxygen atoms in total. The summed E-state index contributed by atoms with van der Waals surface area (Å²) in [5.41, 5.74) is 0. The fourth-order valence-electron chi connectivity index (χ4n) is 1.90. The van der Waals surface area contributed by atoms with Gasteiger partial charge in [0.05, 0.1) is 12.3 Å². The van der Waals surface area contributed by atoms with E-state index in [4.69, 9.17) is 4.74 Å². The number of aliphatic imine (C=N–C) groups is 2. The Kier molecular flexibility index (Phi) is 7.22. The topological polar surface area (TPSA) is 73.9 Å². The van der Waals surface area contributed by atoms with Crippen LogP contribution in [0, 0.1) is 0 Å². The van der Waals surface area contributed by atoms with Gasteiger partial charge in [0.2, 0.25) is 11.7 Å². The molecule has 1 atom stereocenters. The van der Waals surface area contributed by atoms with Crippen molar-refractivity contribution in [1.82, 2.24) is 14.8 Å². The van der Waals surface area contributed by atoms with Crippen molar-refractivity contribution >= 4 is 12.6 Å². The van der Waals surface area contributed by atoms with Crippen LogP contribution in [0.2, 0.25) is 0 Å². The van der Waals surface area contributed by atoms with E-state index in [2.05, 4.69) is 31.5 Å². The molecule has 29 heavy (non-hydrogen) atoms. The van der Waals surface area contributed by atoms with Gasteiger partial charge in [0.15, 0.2) is 11.9 Å². The SMILES string of the molecule is C=C/C=C(\N=C/n1c(/C=N\CC)nnc1C(F)(F)OC1CC1)O[C@H](C)C(F)(F)F. The molecule has 1 aliphatic carbocycles. The summed E-state index contributed by atoms with van der Waals surface area (Å²) in [6.07, 6.45) is -5.98.